The predicted molar refractivity (Wildman–Crippen MR) is 80.8 cm³/mol. The summed E-state index contributed by atoms with van der Waals surface area (Å²) in [6.07, 6.45) is 4.24. The van der Waals surface area contributed by atoms with Gasteiger partial charge in [-0.05, 0) is 50.8 Å². The van der Waals surface area contributed by atoms with Gasteiger partial charge in [-0.2, -0.15) is 0 Å². The number of halogens is 2. The fourth-order valence-corrected chi connectivity index (χ4v) is 2.93. The fourth-order valence-electron chi connectivity index (χ4n) is 2.74. The van der Waals surface area contributed by atoms with Crippen LogP contribution >= 0.6 is 11.6 Å². The molecule has 0 aliphatic carbocycles. The highest BCUT2D eigenvalue weighted by molar-refractivity contribution is 6.30. The van der Waals surface area contributed by atoms with E-state index in [9.17, 15) is 4.39 Å². The second-order valence-electron chi connectivity index (χ2n) is 5.54. The summed E-state index contributed by atoms with van der Waals surface area (Å²) in [4.78, 5) is 0. The number of rotatable bonds is 6. The normalized spacial score (nSPS) is 24.0. The molecule has 2 rings (SSSR count). The van der Waals surface area contributed by atoms with Crippen LogP contribution in [0.5, 0.6) is 0 Å². The lowest BCUT2D eigenvalue weighted by Crippen LogP contribution is -2.42. The molecule has 0 aromatic heterocycles. The average Bonchev–Trinajstić information content (AvgIpc) is 2.86. The van der Waals surface area contributed by atoms with E-state index >= 15 is 0 Å². The number of nitrogens with one attached hydrogen (secondary N) is 1. The summed E-state index contributed by atoms with van der Waals surface area (Å²) in [5.41, 5.74) is 0.661. The lowest BCUT2D eigenvalue weighted by molar-refractivity contribution is 0.0319. The highest BCUT2D eigenvalue weighted by Crippen LogP contribution is 2.25. The molecule has 1 saturated heterocycles. The lowest BCUT2D eigenvalue weighted by atomic mass is 9.98. The molecule has 112 valence electrons. The molecule has 1 aromatic carbocycles. The fraction of sp³-hybridized carbons (Fsp3) is 0.625. The Labute approximate surface area is 125 Å². The predicted octanol–water partition coefficient (Wildman–Crippen LogP) is 3.96. The zero-order valence-electron chi connectivity index (χ0n) is 12.2. The van der Waals surface area contributed by atoms with Gasteiger partial charge >= 0.3 is 0 Å². The van der Waals surface area contributed by atoms with Crippen LogP contribution < -0.4 is 5.32 Å². The van der Waals surface area contributed by atoms with Gasteiger partial charge in [0.1, 0.15) is 5.82 Å². The average molecular weight is 300 g/mol. The van der Waals surface area contributed by atoms with Crippen LogP contribution in [-0.4, -0.2) is 24.8 Å². The molecule has 4 heteroatoms. The topological polar surface area (TPSA) is 21.3 Å². The SMILES string of the molecule is CCCNC(Cc1cccc(Cl)c1F)C1CCC(C)O1. The molecule has 20 heavy (non-hydrogen) atoms. The zero-order valence-corrected chi connectivity index (χ0v) is 12.9. The third kappa shape index (κ3) is 3.94. The van der Waals surface area contributed by atoms with Gasteiger partial charge in [-0.1, -0.05) is 30.7 Å². The van der Waals surface area contributed by atoms with Gasteiger partial charge in [-0.25, -0.2) is 4.39 Å². The van der Waals surface area contributed by atoms with E-state index in [0.717, 1.165) is 25.8 Å². The molecule has 2 nitrogen and oxygen atoms in total. The summed E-state index contributed by atoms with van der Waals surface area (Å²) in [5, 5.41) is 3.68. The Balaban J connectivity index is 2.08. The summed E-state index contributed by atoms with van der Waals surface area (Å²) >= 11 is 5.86. The van der Waals surface area contributed by atoms with Crippen LogP contribution in [0.3, 0.4) is 0 Å². The zero-order chi connectivity index (χ0) is 14.5. The van der Waals surface area contributed by atoms with Crippen molar-refractivity contribution >= 4 is 11.6 Å². The van der Waals surface area contributed by atoms with Gasteiger partial charge in [0.15, 0.2) is 0 Å². The first-order valence-electron chi connectivity index (χ1n) is 7.43. The van der Waals surface area contributed by atoms with Crippen molar-refractivity contribution in [3.8, 4) is 0 Å². The smallest absolute Gasteiger partial charge is 0.145 e. The summed E-state index contributed by atoms with van der Waals surface area (Å²) in [6, 6.07) is 5.34. The van der Waals surface area contributed by atoms with Crippen LogP contribution in [0.25, 0.3) is 0 Å². The molecule has 0 radical (unpaired) electrons. The molecule has 1 aliphatic rings. The quantitative estimate of drug-likeness (QED) is 0.858. The number of ether oxygens (including phenoxy) is 1. The highest BCUT2D eigenvalue weighted by atomic mass is 35.5. The van der Waals surface area contributed by atoms with Crippen molar-refractivity contribution < 1.29 is 9.13 Å². The van der Waals surface area contributed by atoms with E-state index in [2.05, 4.69) is 19.2 Å². The van der Waals surface area contributed by atoms with Crippen molar-refractivity contribution in [3.63, 3.8) is 0 Å². The first-order chi connectivity index (χ1) is 9.61. The maximum atomic E-state index is 14.0. The first-order valence-corrected chi connectivity index (χ1v) is 7.81. The molecular formula is C16H23ClFNO. The molecule has 1 N–H and O–H groups in total. The lowest BCUT2D eigenvalue weighted by Gasteiger charge is -2.25. The van der Waals surface area contributed by atoms with E-state index in [4.69, 9.17) is 16.3 Å². The monoisotopic (exact) mass is 299 g/mol. The Morgan fingerprint density at radius 3 is 2.90 bits per heavy atom. The minimum Gasteiger partial charge on any atom is -0.374 e. The molecule has 0 spiro atoms. The van der Waals surface area contributed by atoms with E-state index in [1.54, 1.807) is 18.2 Å². The van der Waals surface area contributed by atoms with Crippen LogP contribution in [-0.2, 0) is 11.2 Å². The summed E-state index contributed by atoms with van der Waals surface area (Å²) in [6.45, 7) is 5.14. The Morgan fingerprint density at radius 2 is 2.25 bits per heavy atom. The minimum absolute atomic E-state index is 0.146. The molecule has 1 heterocycles. The van der Waals surface area contributed by atoms with E-state index in [1.807, 2.05) is 0 Å². The van der Waals surface area contributed by atoms with Gasteiger partial charge in [-0.3, -0.25) is 0 Å². The number of benzene rings is 1. The van der Waals surface area contributed by atoms with Crippen molar-refractivity contribution in [2.45, 2.75) is 57.8 Å². The maximum absolute atomic E-state index is 14.0. The molecule has 1 aromatic rings. The van der Waals surface area contributed by atoms with Gasteiger partial charge in [0.05, 0.1) is 17.2 Å². The largest absolute Gasteiger partial charge is 0.374 e. The van der Waals surface area contributed by atoms with Crippen molar-refractivity contribution in [2.75, 3.05) is 6.54 Å². The molecule has 3 atom stereocenters. The molecule has 1 aliphatic heterocycles. The second kappa shape index (κ2) is 7.39. The van der Waals surface area contributed by atoms with Crippen LogP contribution in [0.2, 0.25) is 5.02 Å². The van der Waals surface area contributed by atoms with Gasteiger partial charge in [0, 0.05) is 6.04 Å². The molecule has 0 amide bonds. The summed E-state index contributed by atoms with van der Waals surface area (Å²) in [7, 11) is 0. The standard InChI is InChI=1S/C16H23ClFNO/c1-3-9-19-14(15-8-7-11(2)20-15)10-12-5-4-6-13(17)16(12)18/h4-6,11,14-15,19H,3,7-10H2,1-2H3. The van der Waals surface area contributed by atoms with Gasteiger partial charge in [0.2, 0.25) is 0 Å². The Morgan fingerprint density at radius 1 is 1.45 bits per heavy atom. The molecular weight excluding hydrogens is 277 g/mol. The van der Waals surface area contributed by atoms with E-state index < -0.39 is 0 Å². The van der Waals surface area contributed by atoms with Crippen molar-refractivity contribution in [1.82, 2.24) is 5.32 Å². The van der Waals surface area contributed by atoms with Crippen molar-refractivity contribution in [3.05, 3.63) is 34.6 Å². The molecule has 0 saturated carbocycles. The van der Waals surface area contributed by atoms with Gasteiger partial charge in [0.25, 0.3) is 0 Å². The molecule has 0 bridgehead atoms. The molecule has 1 fully saturated rings. The van der Waals surface area contributed by atoms with Crippen LogP contribution in [0.15, 0.2) is 18.2 Å². The second-order valence-corrected chi connectivity index (χ2v) is 5.95. The van der Waals surface area contributed by atoms with Crippen LogP contribution in [0.4, 0.5) is 4.39 Å². The van der Waals surface area contributed by atoms with E-state index in [-0.39, 0.29) is 23.0 Å². The van der Waals surface area contributed by atoms with Crippen molar-refractivity contribution in [1.29, 1.82) is 0 Å². The minimum atomic E-state index is -0.302. The maximum Gasteiger partial charge on any atom is 0.145 e. The van der Waals surface area contributed by atoms with E-state index in [1.165, 1.54) is 0 Å². The van der Waals surface area contributed by atoms with E-state index in [0.29, 0.717) is 18.1 Å². The van der Waals surface area contributed by atoms with Crippen LogP contribution in [0.1, 0.15) is 38.7 Å². The van der Waals surface area contributed by atoms with Gasteiger partial charge in [-0.15, -0.1) is 0 Å². The Hall–Kier alpha value is -0.640. The third-order valence-corrected chi connectivity index (χ3v) is 4.13. The Kier molecular flexibility index (Phi) is 5.82. The van der Waals surface area contributed by atoms with Crippen molar-refractivity contribution in [2.24, 2.45) is 0 Å². The number of hydrogen-bond acceptors (Lipinski definition) is 2. The molecule has 3 unspecified atom stereocenters. The number of hydrogen-bond donors (Lipinski definition) is 1. The van der Waals surface area contributed by atoms with Crippen LogP contribution in [0, 0.1) is 5.82 Å². The third-order valence-electron chi connectivity index (χ3n) is 3.84. The van der Waals surface area contributed by atoms with Gasteiger partial charge < -0.3 is 10.1 Å². The first kappa shape index (κ1) is 15.7. The Bertz CT molecular complexity index is 440. The summed E-state index contributed by atoms with van der Waals surface area (Å²) in [5.74, 6) is -0.302. The highest BCUT2D eigenvalue weighted by Gasteiger charge is 2.30. The summed E-state index contributed by atoms with van der Waals surface area (Å²) < 4.78 is 20.0.